The molecule has 25 heavy (non-hydrogen) atoms. The summed E-state index contributed by atoms with van der Waals surface area (Å²) in [4.78, 5) is 14.7. The normalized spacial score (nSPS) is 14.6. The minimum atomic E-state index is 0.131. The van der Waals surface area contributed by atoms with Crippen molar-refractivity contribution in [3.05, 3.63) is 77.5 Å². The summed E-state index contributed by atoms with van der Waals surface area (Å²) in [7, 11) is 2.09. The van der Waals surface area contributed by atoms with Crippen molar-refractivity contribution in [2.75, 3.05) is 13.1 Å². The van der Waals surface area contributed by atoms with Crippen LogP contribution in [0.4, 0.5) is 0 Å². The summed E-state index contributed by atoms with van der Waals surface area (Å²) in [5.41, 5.74) is 5.73. The number of amides is 1. The molecule has 2 aromatic carbocycles. The third-order valence-electron chi connectivity index (χ3n) is 5.11. The van der Waals surface area contributed by atoms with Gasteiger partial charge in [-0.25, -0.2) is 0 Å². The molecule has 126 valence electrons. The van der Waals surface area contributed by atoms with E-state index in [-0.39, 0.29) is 5.91 Å². The monoisotopic (exact) mass is 330 g/mol. The van der Waals surface area contributed by atoms with Crippen LogP contribution in [0.2, 0.25) is 0 Å². The maximum Gasteiger partial charge on any atom is 0.254 e. The molecule has 0 unspecified atom stereocenters. The summed E-state index contributed by atoms with van der Waals surface area (Å²) in [6.45, 7) is 3.43. The van der Waals surface area contributed by atoms with Crippen LogP contribution in [0.5, 0.6) is 0 Å². The molecule has 0 bridgehead atoms. The van der Waals surface area contributed by atoms with Crippen LogP contribution in [0.25, 0.3) is 16.5 Å². The van der Waals surface area contributed by atoms with Gasteiger partial charge in [0.05, 0.1) is 0 Å². The second-order valence-electron chi connectivity index (χ2n) is 6.72. The van der Waals surface area contributed by atoms with E-state index in [1.165, 1.54) is 22.0 Å². The molecule has 1 aliphatic heterocycles. The minimum absolute atomic E-state index is 0.131. The summed E-state index contributed by atoms with van der Waals surface area (Å²) < 4.78 is 2.18. The summed E-state index contributed by atoms with van der Waals surface area (Å²) >= 11 is 0. The van der Waals surface area contributed by atoms with Crippen LogP contribution in [0.3, 0.4) is 0 Å². The first-order chi connectivity index (χ1) is 12.1. The van der Waals surface area contributed by atoms with Gasteiger partial charge in [0.2, 0.25) is 0 Å². The van der Waals surface area contributed by atoms with Crippen LogP contribution in [0.15, 0.2) is 60.8 Å². The third kappa shape index (κ3) is 2.76. The Balaban J connectivity index is 1.60. The number of rotatable bonds is 2. The SMILES string of the molecule is Cc1ccccc1C(=O)N1CC=C(c2cn(C)c3ccccc23)CC1. The highest BCUT2D eigenvalue weighted by molar-refractivity contribution is 5.97. The Morgan fingerprint density at radius 3 is 2.56 bits per heavy atom. The maximum absolute atomic E-state index is 12.8. The molecule has 1 amide bonds. The number of aromatic nitrogens is 1. The molecule has 4 rings (SSSR count). The molecular formula is C22H22N2O. The number of carbonyl (C=O) groups is 1. The summed E-state index contributed by atoms with van der Waals surface area (Å²) in [6, 6.07) is 16.3. The lowest BCUT2D eigenvalue weighted by atomic mass is 9.98. The van der Waals surface area contributed by atoms with E-state index in [4.69, 9.17) is 0 Å². The lowest BCUT2D eigenvalue weighted by Gasteiger charge is -2.27. The van der Waals surface area contributed by atoms with E-state index in [9.17, 15) is 4.79 Å². The quantitative estimate of drug-likeness (QED) is 0.683. The van der Waals surface area contributed by atoms with E-state index < -0.39 is 0 Å². The number of para-hydroxylation sites is 1. The van der Waals surface area contributed by atoms with E-state index in [1.54, 1.807) is 0 Å². The average Bonchev–Trinajstić information content (AvgIpc) is 2.99. The largest absolute Gasteiger partial charge is 0.350 e. The molecule has 0 saturated carbocycles. The molecule has 0 spiro atoms. The van der Waals surface area contributed by atoms with E-state index in [2.05, 4.69) is 48.2 Å². The molecule has 1 aromatic heterocycles. The number of hydrogen-bond acceptors (Lipinski definition) is 1. The predicted molar refractivity (Wildman–Crippen MR) is 103 cm³/mol. The average molecular weight is 330 g/mol. The van der Waals surface area contributed by atoms with Gasteiger partial charge >= 0.3 is 0 Å². The van der Waals surface area contributed by atoms with Crippen LogP contribution in [-0.2, 0) is 7.05 Å². The lowest BCUT2D eigenvalue weighted by molar-refractivity contribution is 0.0772. The van der Waals surface area contributed by atoms with Crippen molar-refractivity contribution >= 4 is 22.4 Å². The highest BCUT2D eigenvalue weighted by Gasteiger charge is 2.21. The molecule has 1 aliphatic rings. The van der Waals surface area contributed by atoms with Crippen molar-refractivity contribution in [3.8, 4) is 0 Å². The molecule has 3 aromatic rings. The molecule has 0 fully saturated rings. The first-order valence-corrected chi connectivity index (χ1v) is 8.73. The van der Waals surface area contributed by atoms with Crippen molar-refractivity contribution in [2.45, 2.75) is 13.3 Å². The van der Waals surface area contributed by atoms with Gasteiger partial charge in [-0.1, -0.05) is 42.5 Å². The van der Waals surface area contributed by atoms with Gasteiger partial charge in [0, 0.05) is 48.4 Å². The van der Waals surface area contributed by atoms with Gasteiger partial charge in [-0.15, -0.1) is 0 Å². The zero-order chi connectivity index (χ0) is 17.4. The molecule has 0 N–H and O–H groups in total. The maximum atomic E-state index is 12.8. The zero-order valence-electron chi connectivity index (χ0n) is 14.7. The fraction of sp³-hybridized carbons (Fsp3) is 0.227. The second-order valence-corrected chi connectivity index (χ2v) is 6.72. The molecule has 3 heteroatoms. The number of nitrogens with zero attached hydrogens (tertiary/aromatic N) is 2. The summed E-state index contributed by atoms with van der Waals surface area (Å²) in [6.07, 6.45) is 5.31. The smallest absolute Gasteiger partial charge is 0.254 e. The summed E-state index contributed by atoms with van der Waals surface area (Å²) in [5, 5.41) is 1.29. The molecular weight excluding hydrogens is 308 g/mol. The van der Waals surface area contributed by atoms with Gasteiger partial charge in [0.15, 0.2) is 0 Å². The van der Waals surface area contributed by atoms with E-state index in [0.29, 0.717) is 6.54 Å². The molecule has 3 nitrogen and oxygen atoms in total. The van der Waals surface area contributed by atoms with Gasteiger partial charge in [0.25, 0.3) is 5.91 Å². The van der Waals surface area contributed by atoms with Crippen molar-refractivity contribution in [3.63, 3.8) is 0 Å². The van der Waals surface area contributed by atoms with E-state index >= 15 is 0 Å². The van der Waals surface area contributed by atoms with Gasteiger partial charge in [0.1, 0.15) is 0 Å². The number of fused-ring (bicyclic) bond motifs is 1. The molecule has 0 aliphatic carbocycles. The highest BCUT2D eigenvalue weighted by Crippen LogP contribution is 2.30. The topological polar surface area (TPSA) is 25.2 Å². The van der Waals surface area contributed by atoms with Crippen LogP contribution in [0.1, 0.15) is 27.9 Å². The Labute approximate surface area is 148 Å². The van der Waals surface area contributed by atoms with Gasteiger partial charge in [-0.3, -0.25) is 4.79 Å². The molecule has 0 saturated heterocycles. The van der Waals surface area contributed by atoms with Crippen LogP contribution >= 0.6 is 0 Å². The molecule has 2 heterocycles. The number of carbonyl (C=O) groups excluding carboxylic acids is 1. The predicted octanol–water partition coefficient (Wildman–Crippen LogP) is 4.42. The van der Waals surface area contributed by atoms with Crippen LogP contribution in [0, 0.1) is 6.92 Å². The lowest BCUT2D eigenvalue weighted by Crippen LogP contribution is -2.35. The van der Waals surface area contributed by atoms with Crippen molar-refractivity contribution in [2.24, 2.45) is 7.05 Å². The Morgan fingerprint density at radius 1 is 1.04 bits per heavy atom. The Kier molecular flexibility index (Phi) is 3.92. The van der Waals surface area contributed by atoms with Gasteiger partial charge in [-0.2, -0.15) is 0 Å². The Morgan fingerprint density at radius 2 is 1.80 bits per heavy atom. The first kappa shape index (κ1) is 15.7. The van der Waals surface area contributed by atoms with Crippen LogP contribution < -0.4 is 0 Å². The zero-order valence-corrected chi connectivity index (χ0v) is 14.7. The molecule has 0 atom stereocenters. The fourth-order valence-electron chi connectivity index (χ4n) is 3.68. The van der Waals surface area contributed by atoms with Crippen molar-refractivity contribution in [1.82, 2.24) is 9.47 Å². The summed E-state index contributed by atoms with van der Waals surface area (Å²) in [5.74, 6) is 0.131. The van der Waals surface area contributed by atoms with E-state index in [1.807, 2.05) is 36.1 Å². The van der Waals surface area contributed by atoms with Gasteiger partial charge < -0.3 is 9.47 Å². The minimum Gasteiger partial charge on any atom is -0.350 e. The van der Waals surface area contributed by atoms with Gasteiger partial charge in [-0.05, 0) is 36.6 Å². The van der Waals surface area contributed by atoms with Crippen molar-refractivity contribution in [1.29, 1.82) is 0 Å². The number of hydrogen-bond donors (Lipinski definition) is 0. The fourth-order valence-corrected chi connectivity index (χ4v) is 3.68. The first-order valence-electron chi connectivity index (χ1n) is 8.73. The molecule has 0 radical (unpaired) electrons. The number of aryl methyl sites for hydroxylation is 2. The van der Waals surface area contributed by atoms with E-state index in [0.717, 1.165) is 24.1 Å². The highest BCUT2D eigenvalue weighted by atomic mass is 16.2. The number of benzene rings is 2. The van der Waals surface area contributed by atoms with Crippen LogP contribution in [-0.4, -0.2) is 28.5 Å². The Bertz CT molecular complexity index is 981. The standard InChI is InChI=1S/C22H22N2O/c1-16-7-3-4-8-18(16)22(25)24-13-11-17(12-14-24)20-15-23(2)21-10-6-5-9-19(20)21/h3-11,15H,12-14H2,1-2H3. The second kappa shape index (κ2) is 6.25. The van der Waals surface area contributed by atoms with Crippen molar-refractivity contribution < 1.29 is 4.79 Å². The Hall–Kier alpha value is -2.81. The third-order valence-corrected chi connectivity index (χ3v) is 5.11.